The van der Waals surface area contributed by atoms with Crippen LogP contribution in [0.4, 0.5) is 4.79 Å². The number of thiol groups is 1. The van der Waals surface area contributed by atoms with Gasteiger partial charge in [-0.15, -0.1) is 11.7 Å². The number of thiophene rings is 1. The Labute approximate surface area is 203 Å². The van der Waals surface area contributed by atoms with Crippen molar-refractivity contribution in [2.24, 2.45) is 11.7 Å². The van der Waals surface area contributed by atoms with Gasteiger partial charge in [0.25, 0.3) is 0 Å². The van der Waals surface area contributed by atoms with Crippen molar-refractivity contribution in [3.05, 3.63) is 22.4 Å². The highest BCUT2D eigenvalue weighted by atomic mass is 33.1. The van der Waals surface area contributed by atoms with Gasteiger partial charge in [0.2, 0.25) is 5.91 Å². The van der Waals surface area contributed by atoms with Crippen molar-refractivity contribution in [1.29, 1.82) is 0 Å². The second-order valence-corrected chi connectivity index (χ2v) is 12.7. The molecular formula is C19H32N2O5S5. The molecule has 12 heteroatoms. The smallest absolute Gasteiger partial charge is 0.416 e. The molecule has 1 rings (SSSR count). The van der Waals surface area contributed by atoms with Crippen LogP contribution in [0.15, 0.2) is 16.8 Å². The van der Waals surface area contributed by atoms with E-state index < -0.39 is 21.8 Å². The zero-order valence-electron chi connectivity index (χ0n) is 18.1. The van der Waals surface area contributed by atoms with E-state index in [0.717, 1.165) is 23.1 Å². The van der Waals surface area contributed by atoms with E-state index in [9.17, 15) is 18.0 Å². The van der Waals surface area contributed by atoms with Gasteiger partial charge in [-0.25, -0.2) is 18.1 Å². The van der Waals surface area contributed by atoms with Crippen LogP contribution in [0.25, 0.3) is 0 Å². The van der Waals surface area contributed by atoms with Gasteiger partial charge in [-0.05, 0) is 61.4 Å². The highest BCUT2D eigenvalue weighted by Gasteiger charge is 2.33. The number of thioether (sulfide) groups is 1. The Balaban J connectivity index is 3.00. The number of amides is 2. The van der Waals surface area contributed by atoms with Crippen molar-refractivity contribution in [2.75, 3.05) is 38.0 Å². The molecule has 0 aliphatic rings. The summed E-state index contributed by atoms with van der Waals surface area (Å²) < 4.78 is 27.6. The van der Waals surface area contributed by atoms with Crippen LogP contribution in [0.3, 0.4) is 0 Å². The SMILES string of the molecule is CCN(C(=O)OCCS(C)(=O)=O)C(=O)C(Cc1ccsc1)CC(SS)C(CCN)SC. The third kappa shape index (κ3) is 10.4. The van der Waals surface area contributed by atoms with Crippen molar-refractivity contribution in [2.45, 2.75) is 36.7 Å². The number of nitrogens with zero attached hydrogens (tertiary/aromatic N) is 1. The van der Waals surface area contributed by atoms with Crippen LogP contribution in [-0.4, -0.2) is 73.8 Å². The monoisotopic (exact) mass is 528 g/mol. The molecule has 0 radical (unpaired) electrons. The van der Waals surface area contributed by atoms with Crippen LogP contribution >= 0.6 is 45.6 Å². The number of sulfone groups is 1. The van der Waals surface area contributed by atoms with Gasteiger partial charge in [0.15, 0.2) is 9.84 Å². The Morgan fingerprint density at radius 1 is 1.35 bits per heavy atom. The Morgan fingerprint density at radius 3 is 2.55 bits per heavy atom. The molecule has 0 aliphatic carbocycles. The molecule has 0 bridgehead atoms. The van der Waals surface area contributed by atoms with Crippen molar-refractivity contribution in [3.8, 4) is 0 Å². The predicted octanol–water partition coefficient (Wildman–Crippen LogP) is 3.35. The van der Waals surface area contributed by atoms with Crippen molar-refractivity contribution < 1.29 is 22.7 Å². The minimum atomic E-state index is -3.26. The zero-order valence-corrected chi connectivity index (χ0v) is 22.2. The first-order chi connectivity index (χ1) is 14.7. The summed E-state index contributed by atoms with van der Waals surface area (Å²) in [7, 11) is -1.85. The lowest BCUT2D eigenvalue weighted by atomic mass is 9.93. The zero-order chi connectivity index (χ0) is 23.4. The summed E-state index contributed by atoms with van der Waals surface area (Å²) in [5.41, 5.74) is 6.79. The summed E-state index contributed by atoms with van der Waals surface area (Å²) in [5, 5.41) is 4.27. The Morgan fingerprint density at radius 2 is 2.06 bits per heavy atom. The molecule has 3 unspecified atom stereocenters. The third-order valence-corrected chi connectivity index (χ3v) is 9.30. The summed E-state index contributed by atoms with van der Waals surface area (Å²) in [6.07, 6.45) is 4.13. The fourth-order valence-electron chi connectivity index (χ4n) is 3.08. The van der Waals surface area contributed by atoms with E-state index in [1.807, 2.05) is 23.1 Å². The Bertz CT molecular complexity index is 773. The molecule has 1 aromatic heterocycles. The Kier molecular flexibility index (Phi) is 13.6. The summed E-state index contributed by atoms with van der Waals surface area (Å²) in [4.78, 5) is 26.9. The predicted molar refractivity (Wildman–Crippen MR) is 136 cm³/mol. The average Bonchev–Trinajstić information content (AvgIpc) is 3.22. The first-order valence-corrected chi connectivity index (χ1v) is 16.1. The second-order valence-electron chi connectivity index (χ2n) is 7.09. The quantitative estimate of drug-likeness (QED) is 0.280. The normalized spacial score (nSPS) is 14.6. The molecular weight excluding hydrogens is 497 g/mol. The average molecular weight is 529 g/mol. The molecule has 0 aromatic carbocycles. The molecule has 0 aliphatic heterocycles. The lowest BCUT2D eigenvalue weighted by molar-refractivity contribution is -0.133. The fourth-order valence-corrected chi connectivity index (χ4v) is 6.97. The summed E-state index contributed by atoms with van der Waals surface area (Å²) in [5.74, 6) is -1.04. The highest BCUT2D eigenvalue weighted by Crippen LogP contribution is 2.34. The van der Waals surface area contributed by atoms with Gasteiger partial charge in [0.1, 0.15) is 6.61 Å². The molecule has 0 saturated heterocycles. The molecule has 0 fully saturated rings. The number of nitrogens with two attached hydrogens (primary N) is 1. The molecule has 0 saturated carbocycles. The van der Waals surface area contributed by atoms with Crippen LogP contribution in [0.2, 0.25) is 0 Å². The molecule has 1 heterocycles. The van der Waals surface area contributed by atoms with E-state index in [2.05, 4.69) is 11.7 Å². The molecule has 1 aromatic rings. The summed E-state index contributed by atoms with van der Waals surface area (Å²) in [6, 6.07) is 1.97. The number of carbonyl (C=O) groups is 2. The van der Waals surface area contributed by atoms with E-state index in [0.29, 0.717) is 19.4 Å². The van der Waals surface area contributed by atoms with Crippen molar-refractivity contribution >= 4 is 67.4 Å². The third-order valence-electron chi connectivity index (χ3n) is 4.71. The molecule has 0 spiro atoms. The van der Waals surface area contributed by atoms with Crippen LogP contribution in [0.5, 0.6) is 0 Å². The summed E-state index contributed by atoms with van der Waals surface area (Å²) in [6.45, 7) is 2.11. The number of rotatable bonds is 14. The first kappa shape index (κ1) is 28.6. The maximum atomic E-state index is 13.4. The van der Waals surface area contributed by atoms with Crippen LogP contribution < -0.4 is 5.73 Å². The first-order valence-electron chi connectivity index (χ1n) is 9.86. The second kappa shape index (κ2) is 14.7. The van der Waals surface area contributed by atoms with E-state index in [-0.39, 0.29) is 35.3 Å². The van der Waals surface area contributed by atoms with Gasteiger partial charge in [-0.2, -0.15) is 23.1 Å². The molecule has 178 valence electrons. The van der Waals surface area contributed by atoms with Crippen LogP contribution in [0.1, 0.15) is 25.3 Å². The maximum absolute atomic E-state index is 13.4. The molecule has 31 heavy (non-hydrogen) atoms. The van der Waals surface area contributed by atoms with Crippen LogP contribution in [0, 0.1) is 5.92 Å². The molecule has 2 amide bonds. The minimum Gasteiger partial charge on any atom is -0.448 e. The minimum absolute atomic E-state index is 0.0782. The van der Waals surface area contributed by atoms with E-state index >= 15 is 0 Å². The van der Waals surface area contributed by atoms with Gasteiger partial charge >= 0.3 is 6.09 Å². The van der Waals surface area contributed by atoms with Gasteiger partial charge in [-0.1, -0.05) is 10.8 Å². The van der Waals surface area contributed by atoms with Gasteiger partial charge < -0.3 is 10.5 Å². The van der Waals surface area contributed by atoms with Crippen molar-refractivity contribution in [3.63, 3.8) is 0 Å². The lowest BCUT2D eigenvalue weighted by Gasteiger charge is -2.29. The number of ether oxygens (including phenoxy) is 1. The fraction of sp³-hybridized carbons (Fsp3) is 0.684. The number of imide groups is 1. The number of carbonyl (C=O) groups excluding carboxylic acids is 2. The number of hydrogen-bond acceptors (Lipinski definition) is 10. The van der Waals surface area contributed by atoms with Gasteiger partial charge in [0.05, 0.1) is 5.75 Å². The van der Waals surface area contributed by atoms with Gasteiger partial charge in [-0.3, -0.25) is 4.79 Å². The number of hydrogen-bond donors (Lipinski definition) is 2. The van der Waals surface area contributed by atoms with E-state index in [4.69, 9.17) is 10.5 Å². The van der Waals surface area contributed by atoms with Crippen molar-refractivity contribution in [1.82, 2.24) is 4.90 Å². The molecule has 3 atom stereocenters. The van der Waals surface area contributed by atoms with Gasteiger partial charge in [0, 0.05) is 29.2 Å². The standard InChI is InChI=1S/C19H32N2O5S5/c1-4-21(19(23)26-8-10-31(3,24)25)18(22)15(11-14-6-9-29-13-14)12-17(30-27)16(28-2)5-7-20/h6,9,13,15-17,27H,4-5,7-8,10-12,20H2,1-3H3. The summed E-state index contributed by atoms with van der Waals surface area (Å²) >= 11 is 7.70. The van der Waals surface area contributed by atoms with E-state index in [1.54, 1.807) is 30.0 Å². The maximum Gasteiger partial charge on any atom is 0.416 e. The van der Waals surface area contributed by atoms with E-state index in [1.165, 1.54) is 10.8 Å². The highest BCUT2D eigenvalue weighted by molar-refractivity contribution is 8.69. The molecule has 2 N–H and O–H groups in total. The topological polar surface area (TPSA) is 107 Å². The molecule has 7 nitrogen and oxygen atoms in total. The largest absolute Gasteiger partial charge is 0.448 e. The Hall–Kier alpha value is -0.400. The lowest BCUT2D eigenvalue weighted by Crippen LogP contribution is -2.43. The van der Waals surface area contributed by atoms with Crippen LogP contribution in [-0.2, 0) is 25.8 Å².